The molecule has 11 heteroatoms. The van der Waals surface area contributed by atoms with Crippen LogP contribution < -0.4 is 5.19 Å². The van der Waals surface area contributed by atoms with Crippen molar-refractivity contribution in [2.24, 2.45) is 0 Å². The third kappa shape index (κ3) is 8.28. The summed E-state index contributed by atoms with van der Waals surface area (Å²) in [5, 5.41) is 14.3. The first-order valence-corrected chi connectivity index (χ1v) is 20.2. The zero-order chi connectivity index (χ0) is 38.5. The molecule has 0 saturated carbocycles. The van der Waals surface area contributed by atoms with Crippen molar-refractivity contribution in [2.75, 3.05) is 0 Å². The summed E-state index contributed by atoms with van der Waals surface area (Å²) < 4.78 is 84.9. The number of ketones is 1. The van der Waals surface area contributed by atoms with E-state index in [1.807, 2.05) is 62.1 Å². The monoisotopic (exact) mass is 931 g/mol. The zero-order valence-electron chi connectivity index (χ0n) is 29.8. The van der Waals surface area contributed by atoms with Crippen molar-refractivity contribution in [1.29, 1.82) is 0 Å². The van der Waals surface area contributed by atoms with E-state index in [0.717, 1.165) is 38.2 Å². The Bertz CT molecular complexity index is 2590. The van der Waals surface area contributed by atoms with Crippen molar-refractivity contribution in [3.8, 4) is 22.4 Å². The first-order chi connectivity index (χ1) is 24.8. The standard InChI is InChI=1S/C38H26F6NSi.C5H8O2.Ir/c1-46(2,3)26-10-13-29(35(21-26)38(42,43)44)24-8-11-27-23(18-24)9-12-31-30(27)14-15-33-32(31)16-17-45-36(33)25-19-22-6-4-5-7-28(22)34(20-25)37(39,40)41;1-4(6)3-5(2)7;/h4-18,20-21H,1-3H3;3,6H,1-2H3;/q-1;;/b;4-3-;. The number of aromatic nitrogens is 1. The van der Waals surface area contributed by atoms with Gasteiger partial charge in [0.1, 0.15) is 0 Å². The molecule has 0 atom stereocenters. The number of benzene rings is 6. The second-order valence-electron chi connectivity index (χ2n) is 14.0. The van der Waals surface area contributed by atoms with E-state index in [1.165, 1.54) is 32.1 Å². The minimum Gasteiger partial charge on any atom is -0.512 e. The minimum absolute atomic E-state index is 0. The molecule has 0 aliphatic rings. The van der Waals surface area contributed by atoms with Crippen LogP contribution in [-0.2, 0) is 37.3 Å². The third-order valence-corrected chi connectivity index (χ3v) is 11.1. The van der Waals surface area contributed by atoms with Gasteiger partial charge in [-0.15, -0.1) is 23.6 Å². The summed E-state index contributed by atoms with van der Waals surface area (Å²) in [6, 6.07) is 29.8. The van der Waals surface area contributed by atoms with Gasteiger partial charge in [-0.3, -0.25) is 9.78 Å². The number of fused-ring (bicyclic) bond motifs is 6. The predicted octanol–water partition coefficient (Wildman–Crippen LogP) is 12.4. The molecular formula is C43H34F6IrNO2Si-. The van der Waals surface area contributed by atoms with E-state index in [1.54, 1.807) is 42.6 Å². The van der Waals surface area contributed by atoms with Crippen molar-refractivity contribution in [2.45, 2.75) is 45.8 Å². The summed E-state index contributed by atoms with van der Waals surface area (Å²) in [5.41, 5.74) is -0.161. The van der Waals surface area contributed by atoms with Crippen LogP contribution in [0.25, 0.3) is 65.5 Å². The molecule has 1 aromatic heterocycles. The molecule has 0 aliphatic carbocycles. The molecule has 1 radical (unpaired) electrons. The summed E-state index contributed by atoms with van der Waals surface area (Å²) in [6.45, 7) is 8.91. The van der Waals surface area contributed by atoms with Gasteiger partial charge in [-0.05, 0) is 75.0 Å². The van der Waals surface area contributed by atoms with E-state index in [-0.39, 0.29) is 48.2 Å². The molecule has 0 spiro atoms. The maximum absolute atomic E-state index is 14.2. The van der Waals surface area contributed by atoms with Gasteiger partial charge in [0, 0.05) is 38.1 Å². The number of halogens is 6. The Hall–Kier alpha value is -4.83. The van der Waals surface area contributed by atoms with Gasteiger partial charge in [0.05, 0.1) is 19.4 Å². The predicted molar refractivity (Wildman–Crippen MR) is 204 cm³/mol. The molecule has 1 heterocycles. The van der Waals surface area contributed by atoms with E-state index in [2.05, 4.69) is 11.1 Å². The molecule has 1 N–H and O–H groups in total. The SMILES string of the molecule is CC(=O)/C=C(/C)O.C[Si](C)(C)c1ccc(-c2ccc3c(ccc4c5ccnc(-c6[c-]c7ccccc7c(C(F)(F)F)c6)c5ccc34)c2)c(C(F)(F)F)c1.[Ir]. The van der Waals surface area contributed by atoms with Gasteiger partial charge in [-0.1, -0.05) is 109 Å². The molecule has 3 nitrogen and oxygen atoms in total. The number of hydrogen-bond donors (Lipinski definition) is 1. The van der Waals surface area contributed by atoms with Gasteiger partial charge in [-0.2, -0.15) is 26.3 Å². The molecule has 279 valence electrons. The normalized spacial score (nSPS) is 12.5. The number of hydrogen-bond acceptors (Lipinski definition) is 3. The molecule has 7 aromatic rings. The van der Waals surface area contributed by atoms with Crippen LogP contribution in [-0.4, -0.2) is 23.9 Å². The summed E-state index contributed by atoms with van der Waals surface area (Å²) in [4.78, 5) is 14.5. The largest absolute Gasteiger partial charge is 0.512 e. The second kappa shape index (κ2) is 15.1. The average Bonchev–Trinajstić information content (AvgIpc) is 3.08. The van der Waals surface area contributed by atoms with Crippen LogP contribution in [0.5, 0.6) is 0 Å². The Labute approximate surface area is 322 Å². The molecule has 0 unspecified atom stereocenters. The van der Waals surface area contributed by atoms with Crippen LogP contribution in [0.3, 0.4) is 0 Å². The molecule has 0 bridgehead atoms. The zero-order valence-corrected chi connectivity index (χ0v) is 33.2. The fourth-order valence-corrected chi connectivity index (χ4v) is 7.74. The maximum Gasteiger partial charge on any atom is 0.417 e. The van der Waals surface area contributed by atoms with Crippen molar-refractivity contribution in [3.63, 3.8) is 0 Å². The van der Waals surface area contributed by atoms with E-state index in [4.69, 9.17) is 5.11 Å². The Kier molecular flexibility index (Phi) is 11.3. The van der Waals surface area contributed by atoms with Crippen molar-refractivity contribution in [3.05, 3.63) is 132 Å². The van der Waals surface area contributed by atoms with Gasteiger partial charge in [0.15, 0.2) is 5.78 Å². The van der Waals surface area contributed by atoms with Crippen molar-refractivity contribution >= 4 is 62.1 Å². The fourth-order valence-electron chi connectivity index (χ4n) is 6.58. The number of rotatable bonds is 4. The van der Waals surface area contributed by atoms with Crippen LogP contribution in [0, 0.1) is 6.07 Å². The molecule has 6 aromatic carbocycles. The number of allylic oxidation sites excluding steroid dienone is 2. The van der Waals surface area contributed by atoms with Gasteiger partial charge < -0.3 is 5.11 Å². The van der Waals surface area contributed by atoms with Crippen LogP contribution in [0.2, 0.25) is 19.6 Å². The summed E-state index contributed by atoms with van der Waals surface area (Å²) in [6.07, 6.45) is -6.32. The molecule has 0 saturated heterocycles. The third-order valence-electron chi connectivity index (χ3n) is 9.01. The van der Waals surface area contributed by atoms with Crippen LogP contribution >= 0.6 is 0 Å². The van der Waals surface area contributed by atoms with E-state index in [9.17, 15) is 31.1 Å². The molecule has 54 heavy (non-hydrogen) atoms. The summed E-state index contributed by atoms with van der Waals surface area (Å²) in [5.74, 6) is -0.0625. The van der Waals surface area contributed by atoms with E-state index < -0.39 is 31.6 Å². The number of nitrogens with zero attached hydrogens (tertiary/aromatic N) is 1. The van der Waals surface area contributed by atoms with Gasteiger partial charge in [0.25, 0.3) is 0 Å². The Morgan fingerprint density at radius 3 is 1.94 bits per heavy atom. The number of alkyl halides is 6. The molecular weight excluding hydrogens is 897 g/mol. The maximum atomic E-state index is 14.2. The first kappa shape index (κ1) is 40.4. The molecule has 0 amide bonds. The summed E-state index contributed by atoms with van der Waals surface area (Å²) in [7, 11) is -1.97. The summed E-state index contributed by atoms with van der Waals surface area (Å²) >= 11 is 0. The molecule has 7 rings (SSSR count). The molecule has 0 aliphatic heterocycles. The number of pyridine rings is 1. The Morgan fingerprint density at radius 1 is 0.704 bits per heavy atom. The van der Waals surface area contributed by atoms with Crippen LogP contribution in [0.4, 0.5) is 26.3 Å². The topological polar surface area (TPSA) is 50.2 Å². The van der Waals surface area contributed by atoms with Crippen molar-refractivity contribution < 1.29 is 56.3 Å². The Morgan fingerprint density at radius 2 is 1.31 bits per heavy atom. The fraction of sp³-hybridized carbons (Fsp3) is 0.163. The van der Waals surface area contributed by atoms with E-state index >= 15 is 0 Å². The van der Waals surface area contributed by atoms with E-state index in [0.29, 0.717) is 22.0 Å². The smallest absolute Gasteiger partial charge is 0.417 e. The van der Waals surface area contributed by atoms with Crippen molar-refractivity contribution in [1.82, 2.24) is 4.98 Å². The first-order valence-electron chi connectivity index (χ1n) is 16.7. The average molecular weight is 931 g/mol. The number of carbonyl (C=O) groups is 1. The van der Waals surface area contributed by atoms with Crippen LogP contribution in [0.1, 0.15) is 25.0 Å². The minimum atomic E-state index is -4.56. The second-order valence-corrected chi connectivity index (χ2v) is 19.0. The van der Waals surface area contributed by atoms with Gasteiger partial charge in [0.2, 0.25) is 0 Å². The quantitative estimate of drug-likeness (QED) is 0.0478. The number of carbonyl (C=O) groups excluding carboxylic acids is 1. The van der Waals surface area contributed by atoms with Gasteiger partial charge in [-0.25, -0.2) is 0 Å². The number of aliphatic hydroxyl groups is 1. The van der Waals surface area contributed by atoms with Gasteiger partial charge >= 0.3 is 12.4 Å². The van der Waals surface area contributed by atoms with Crippen LogP contribution in [0.15, 0.2) is 115 Å². The Balaban J connectivity index is 0.000000641. The molecule has 0 fully saturated rings. The number of aliphatic hydroxyl groups excluding tert-OH is 1.